The van der Waals surface area contributed by atoms with E-state index in [4.69, 9.17) is 10.5 Å². The fourth-order valence-electron chi connectivity index (χ4n) is 6.68. The number of phenols is 1. The summed E-state index contributed by atoms with van der Waals surface area (Å²) in [6, 6.07) is -0.332. The summed E-state index contributed by atoms with van der Waals surface area (Å²) in [7, 11) is 1.42. The molecule has 4 atom stereocenters. The molecule has 1 saturated heterocycles. The molecule has 1 heterocycles. The number of phenolic OH excluding ortho intramolecular Hbond substituents is 1. The number of nitrogens with two attached hydrogens (primary N) is 1. The van der Waals surface area contributed by atoms with Gasteiger partial charge in [0.25, 0.3) is 5.91 Å². The van der Waals surface area contributed by atoms with Crippen molar-refractivity contribution in [3.8, 4) is 5.75 Å². The van der Waals surface area contributed by atoms with E-state index in [0.29, 0.717) is 0 Å². The summed E-state index contributed by atoms with van der Waals surface area (Å²) >= 11 is 0. The largest absolute Gasteiger partial charge is 0.510 e. The standard InChI is InChI=1S/C28H33FN4O9/c1-42-7-4-31-21-14-9-12-8-13-15(29)10-16(32-17(34)11-33-5-2-3-6-33)22(35)19(13)23(36)18(12)25(38)28(14,41)26(39)20(24(21)37)27(30)40/h10,12,14,21,31,35,37-38,41H,2-9,11H2,1H3,(H2,30,40)(H,32,34)/t12-,14-,21-,28-/m0/s1. The van der Waals surface area contributed by atoms with E-state index >= 15 is 4.39 Å². The number of primary amides is 1. The fourth-order valence-corrected chi connectivity index (χ4v) is 6.68. The SMILES string of the molecule is COCCN[C@@H]1C(O)=C(C(N)=O)C(=O)[C@@]2(O)C(O)=C3C(=O)c4c(O)c(NC(=O)CN5CCCC5)cc(F)c4C[C@H]3C[C@@H]12. The van der Waals surface area contributed by atoms with Crippen molar-refractivity contribution < 1.29 is 48.7 Å². The van der Waals surface area contributed by atoms with Gasteiger partial charge in [-0.1, -0.05) is 0 Å². The summed E-state index contributed by atoms with van der Waals surface area (Å²) < 4.78 is 20.4. The number of Topliss-reactive ketones (excluding diaryl/α,β-unsaturated/α-hetero) is 2. The van der Waals surface area contributed by atoms with Gasteiger partial charge in [0.1, 0.15) is 22.9 Å². The maximum atomic E-state index is 15.4. The number of hydrogen-bond donors (Lipinski definition) is 7. The molecule has 0 radical (unpaired) electrons. The number of benzene rings is 1. The number of fused-ring (bicyclic) bond motifs is 3. The van der Waals surface area contributed by atoms with Gasteiger partial charge in [-0.2, -0.15) is 0 Å². The van der Waals surface area contributed by atoms with Gasteiger partial charge < -0.3 is 41.5 Å². The lowest BCUT2D eigenvalue weighted by Crippen LogP contribution is -2.64. The molecule has 1 fully saturated rings. The van der Waals surface area contributed by atoms with Crippen LogP contribution in [-0.2, 0) is 25.5 Å². The van der Waals surface area contributed by atoms with Crippen LogP contribution in [0.4, 0.5) is 10.1 Å². The lowest BCUT2D eigenvalue weighted by Gasteiger charge is -2.48. The predicted octanol–water partition coefficient (Wildman–Crippen LogP) is -0.0316. The number of nitrogens with zero attached hydrogens (tertiary/aromatic N) is 1. The number of allylic oxidation sites excluding steroid dienone is 1. The Morgan fingerprint density at radius 2 is 1.90 bits per heavy atom. The van der Waals surface area contributed by atoms with Gasteiger partial charge in [0.05, 0.1) is 30.4 Å². The van der Waals surface area contributed by atoms with E-state index in [2.05, 4.69) is 10.6 Å². The van der Waals surface area contributed by atoms with Crippen LogP contribution in [0.25, 0.3) is 0 Å². The van der Waals surface area contributed by atoms with Crippen molar-refractivity contribution >= 4 is 29.1 Å². The maximum Gasteiger partial charge on any atom is 0.255 e. The van der Waals surface area contributed by atoms with Crippen molar-refractivity contribution in [1.29, 1.82) is 0 Å². The first-order valence-electron chi connectivity index (χ1n) is 13.7. The molecular weight excluding hydrogens is 555 g/mol. The summed E-state index contributed by atoms with van der Waals surface area (Å²) in [6.07, 6.45) is 1.48. The molecule has 13 nitrogen and oxygen atoms in total. The zero-order chi connectivity index (χ0) is 30.5. The first kappa shape index (κ1) is 29.6. The Balaban J connectivity index is 1.55. The maximum absolute atomic E-state index is 15.4. The minimum atomic E-state index is -2.84. The van der Waals surface area contributed by atoms with Gasteiger partial charge in [-0.05, 0) is 44.7 Å². The molecule has 0 bridgehead atoms. The van der Waals surface area contributed by atoms with Crippen LogP contribution in [0.1, 0.15) is 35.2 Å². The summed E-state index contributed by atoms with van der Waals surface area (Å²) in [4.78, 5) is 53.8. The minimum Gasteiger partial charge on any atom is -0.510 e. The number of aliphatic hydroxyl groups is 3. The number of ether oxygens (including phenoxy) is 1. The number of aliphatic hydroxyl groups excluding tert-OH is 2. The van der Waals surface area contributed by atoms with Gasteiger partial charge in [0, 0.05) is 36.8 Å². The molecule has 226 valence electrons. The second-order valence-electron chi connectivity index (χ2n) is 11.1. The number of likely N-dealkylation sites (tertiary alicyclic amines) is 1. The second kappa shape index (κ2) is 11.1. The third-order valence-electron chi connectivity index (χ3n) is 8.66. The van der Waals surface area contributed by atoms with Gasteiger partial charge in [-0.3, -0.25) is 24.1 Å². The average molecular weight is 589 g/mol. The molecule has 8 N–H and O–H groups in total. The summed E-state index contributed by atoms with van der Waals surface area (Å²) in [5.41, 5.74) is 0.112. The summed E-state index contributed by atoms with van der Waals surface area (Å²) in [6.45, 7) is 1.72. The number of ketones is 2. The van der Waals surface area contributed by atoms with Gasteiger partial charge in [0.2, 0.25) is 11.7 Å². The number of aromatic hydroxyl groups is 1. The number of anilines is 1. The highest BCUT2D eigenvalue weighted by Gasteiger charge is 2.62. The van der Waals surface area contributed by atoms with E-state index in [1.54, 1.807) is 0 Å². The van der Waals surface area contributed by atoms with Crippen molar-refractivity contribution in [2.45, 2.75) is 37.3 Å². The van der Waals surface area contributed by atoms with Crippen LogP contribution in [0, 0.1) is 17.7 Å². The monoisotopic (exact) mass is 588 g/mol. The van der Waals surface area contributed by atoms with E-state index in [-0.39, 0.29) is 43.8 Å². The average Bonchev–Trinajstić information content (AvgIpc) is 3.43. The molecular formula is C28H33FN4O9. The Kier molecular flexibility index (Phi) is 7.83. The van der Waals surface area contributed by atoms with Crippen molar-refractivity contribution in [3.63, 3.8) is 0 Å². The normalized spacial score (nSPS) is 27.5. The van der Waals surface area contributed by atoms with Crippen LogP contribution in [-0.4, -0.2) is 100 Å². The molecule has 4 aliphatic rings. The highest BCUT2D eigenvalue weighted by molar-refractivity contribution is 6.25. The predicted molar refractivity (Wildman–Crippen MR) is 144 cm³/mol. The van der Waals surface area contributed by atoms with Gasteiger partial charge >= 0.3 is 0 Å². The first-order valence-corrected chi connectivity index (χ1v) is 13.7. The smallest absolute Gasteiger partial charge is 0.255 e. The minimum absolute atomic E-state index is 0.0127. The lowest BCUT2D eigenvalue weighted by molar-refractivity contribution is -0.146. The zero-order valence-corrected chi connectivity index (χ0v) is 22.9. The molecule has 2 amide bonds. The van der Waals surface area contributed by atoms with Gasteiger partial charge in [-0.15, -0.1) is 0 Å². The number of rotatable bonds is 8. The molecule has 1 aromatic rings. The fraction of sp³-hybridized carbons (Fsp3) is 0.500. The molecule has 5 rings (SSSR count). The molecule has 1 aliphatic heterocycles. The van der Waals surface area contributed by atoms with Crippen molar-refractivity contribution in [1.82, 2.24) is 10.2 Å². The number of amides is 2. The third kappa shape index (κ3) is 4.64. The van der Waals surface area contributed by atoms with Crippen molar-refractivity contribution in [2.24, 2.45) is 17.6 Å². The molecule has 3 aliphatic carbocycles. The molecule has 14 heteroatoms. The number of hydrogen-bond acceptors (Lipinski definition) is 11. The van der Waals surface area contributed by atoms with E-state index in [1.165, 1.54) is 7.11 Å². The highest BCUT2D eigenvalue weighted by atomic mass is 19.1. The van der Waals surface area contributed by atoms with Crippen LogP contribution < -0.4 is 16.4 Å². The number of carbonyl (C=O) groups excluding carboxylic acids is 4. The Morgan fingerprint density at radius 3 is 2.55 bits per heavy atom. The van der Waals surface area contributed by atoms with Crippen molar-refractivity contribution in [2.75, 3.05) is 45.2 Å². The van der Waals surface area contributed by atoms with Crippen LogP contribution in [0.3, 0.4) is 0 Å². The highest BCUT2D eigenvalue weighted by Crippen LogP contribution is 2.52. The van der Waals surface area contributed by atoms with E-state index < -0.39 is 86.7 Å². The van der Waals surface area contributed by atoms with Crippen LogP contribution in [0.5, 0.6) is 5.75 Å². The summed E-state index contributed by atoms with van der Waals surface area (Å²) in [5, 5.41) is 50.2. The molecule has 0 unspecified atom stereocenters. The molecule has 1 aromatic carbocycles. The van der Waals surface area contributed by atoms with E-state index in [0.717, 1.165) is 32.0 Å². The zero-order valence-electron chi connectivity index (χ0n) is 22.9. The number of carbonyl (C=O) groups is 4. The Labute approximate surface area is 239 Å². The molecule has 0 spiro atoms. The molecule has 0 aromatic heterocycles. The van der Waals surface area contributed by atoms with Crippen molar-refractivity contribution in [3.05, 3.63) is 45.7 Å². The Bertz CT molecular complexity index is 1430. The first-order chi connectivity index (χ1) is 19.9. The second-order valence-corrected chi connectivity index (χ2v) is 11.1. The van der Waals surface area contributed by atoms with Gasteiger partial charge in [-0.25, -0.2) is 4.39 Å². The Morgan fingerprint density at radius 1 is 1.21 bits per heavy atom. The third-order valence-corrected chi connectivity index (χ3v) is 8.66. The van der Waals surface area contributed by atoms with Crippen LogP contribution >= 0.6 is 0 Å². The molecule has 0 saturated carbocycles. The van der Waals surface area contributed by atoms with E-state index in [9.17, 15) is 39.6 Å². The quantitative estimate of drug-likeness (QED) is 0.122. The van der Waals surface area contributed by atoms with E-state index in [1.807, 2.05) is 4.90 Å². The lowest BCUT2D eigenvalue weighted by atomic mass is 9.58. The Hall–Kier alpha value is -3.85. The summed E-state index contributed by atoms with van der Waals surface area (Å²) in [5.74, 6) is -9.91. The number of halogens is 1. The number of nitrogens with one attached hydrogen (secondary N) is 2. The van der Waals surface area contributed by atoms with Gasteiger partial charge in [0.15, 0.2) is 17.1 Å². The topological polar surface area (TPSA) is 212 Å². The number of methoxy groups -OCH3 is 1. The molecule has 42 heavy (non-hydrogen) atoms. The van der Waals surface area contributed by atoms with Crippen LogP contribution in [0.15, 0.2) is 28.7 Å². The van der Waals surface area contributed by atoms with Crippen LogP contribution in [0.2, 0.25) is 0 Å².